The van der Waals surface area contributed by atoms with Gasteiger partial charge in [-0.15, -0.1) is 24.8 Å². The van der Waals surface area contributed by atoms with Crippen LogP contribution in [-0.2, 0) is 5.75 Å². The van der Waals surface area contributed by atoms with Gasteiger partial charge in [-0.2, -0.15) is 0 Å². The second-order valence-corrected chi connectivity index (χ2v) is 4.19. The van der Waals surface area contributed by atoms with Crippen LogP contribution in [0.2, 0.25) is 0 Å². The standard InChI is InChI=1S/C10H15N3S.2ClH/c1-13(2)9-6-4-3-5-8(9)7-14-10(11)12;;/h3-6H,7H2,1-2H3,(H3,11,12);2*1H. The first-order chi connectivity index (χ1) is 6.61. The zero-order chi connectivity index (χ0) is 10.6. The summed E-state index contributed by atoms with van der Waals surface area (Å²) in [5, 5.41) is 7.31. The molecule has 0 unspecified atom stereocenters. The molecular weight excluding hydrogens is 265 g/mol. The van der Waals surface area contributed by atoms with Gasteiger partial charge in [-0.05, 0) is 11.6 Å². The van der Waals surface area contributed by atoms with Crippen LogP contribution in [-0.4, -0.2) is 19.3 Å². The molecule has 0 aliphatic heterocycles. The van der Waals surface area contributed by atoms with E-state index < -0.39 is 0 Å². The van der Waals surface area contributed by atoms with E-state index in [1.807, 2.05) is 26.2 Å². The number of nitrogens with zero attached hydrogens (tertiary/aromatic N) is 1. The molecule has 92 valence electrons. The van der Waals surface area contributed by atoms with E-state index in [9.17, 15) is 0 Å². The molecule has 0 heterocycles. The molecule has 6 heteroatoms. The first-order valence-electron chi connectivity index (χ1n) is 4.33. The van der Waals surface area contributed by atoms with Gasteiger partial charge in [0.15, 0.2) is 5.17 Å². The van der Waals surface area contributed by atoms with Crippen molar-refractivity contribution in [2.24, 2.45) is 5.73 Å². The molecule has 0 aliphatic rings. The van der Waals surface area contributed by atoms with Crippen molar-refractivity contribution in [1.29, 1.82) is 5.41 Å². The maximum Gasteiger partial charge on any atom is 0.151 e. The summed E-state index contributed by atoms with van der Waals surface area (Å²) >= 11 is 1.35. The third-order valence-corrected chi connectivity index (χ3v) is 2.62. The van der Waals surface area contributed by atoms with Crippen LogP contribution >= 0.6 is 36.6 Å². The van der Waals surface area contributed by atoms with Crippen LogP contribution < -0.4 is 10.6 Å². The molecule has 0 aromatic heterocycles. The normalized spacial score (nSPS) is 8.62. The van der Waals surface area contributed by atoms with Crippen molar-refractivity contribution in [3.8, 4) is 0 Å². The highest BCUT2D eigenvalue weighted by atomic mass is 35.5. The van der Waals surface area contributed by atoms with Gasteiger partial charge in [-0.3, -0.25) is 5.41 Å². The van der Waals surface area contributed by atoms with E-state index in [1.54, 1.807) is 0 Å². The summed E-state index contributed by atoms with van der Waals surface area (Å²) in [6, 6.07) is 8.14. The molecule has 0 saturated heterocycles. The summed E-state index contributed by atoms with van der Waals surface area (Å²) in [5.41, 5.74) is 7.69. The first kappa shape index (κ1) is 17.8. The summed E-state index contributed by atoms with van der Waals surface area (Å²) in [4.78, 5) is 2.07. The molecule has 1 aromatic rings. The van der Waals surface area contributed by atoms with E-state index in [0.717, 1.165) is 5.75 Å². The fraction of sp³-hybridized carbons (Fsp3) is 0.300. The van der Waals surface area contributed by atoms with E-state index in [1.165, 1.54) is 23.0 Å². The van der Waals surface area contributed by atoms with Gasteiger partial charge < -0.3 is 10.6 Å². The molecular formula is C10H17Cl2N3S. The summed E-state index contributed by atoms with van der Waals surface area (Å²) in [6.45, 7) is 0. The summed E-state index contributed by atoms with van der Waals surface area (Å²) < 4.78 is 0. The van der Waals surface area contributed by atoms with Crippen molar-refractivity contribution in [3.05, 3.63) is 29.8 Å². The molecule has 0 atom stereocenters. The Morgan fingerprint density at radius 1 is 1.31 bits per heavy atom. The molecule has 0 spiro atoms. The Balaban J connectivity index is 0. The average Bonchev–Trinajstić information content (AvgIpc) is 2.15. The smallest absolute Gasteiger partial charge is 0.151 e. The third kappa shape index (κ3) is 5.49. The predicted molar refractivity (Wildman–Crippen MR) is 78.5 cm³/mol. The fourth-order valence-corrected chi connectivity index (χ4v) is 1.78. The Bertz CT molecular complexity index is 332. The van der Waals surface area contributed by atoms with E-state index in [0.29, 0.717) is 0 Å². The van der Waals surface area contributed by atoms with Gasteiger partial charge in [-0.25, -0.2) is 0 Å². The molecule has 0 saturated carbocycles. The number of anilines is 1. The summed E-state index contributed by atoms with van der Waals surface area (Å²) in [7, 11) is 4.02. The molecule has 16 heavy (non-hydrogen) atoms. The number of thioether (sulfide) groups is 1. The molecule has 0 amide bonds. The van der Waals surface area contributed by atoms with Gasteiger partial charge in [0.1, 0.15) is 0 Å². The number of amidine groups is 1. The SMILES string of the molecule is CN(C)c1ccccc1CSC(=N)N.Cl.Cl. The van der Waals surface area contributed by atoms with Gasteiger partial charge in [-0.1, -0.05) is 30.0 Å². The molecule has 0 fully saturated rings. The Morgan fingerprint density at radius 2 is 1.88 bits per heavy atom. The first-order valence-corrected chi connectivity index (χ1v) is 5.32. The van der Waals surface area contributed by atoms with Crippen molar-refractivity contribution in [2.45, 2.75) is 5.75 Å². The Morgan fingerprint density at radius 3 is 2.38 bits per heavy atom. The van der Waals surface area contributed by atoms with Gasteiger partial charge in [0.25, 0.3) is 0 Å². The number of rotatable bonds is 3. The van der Waals surface area contributed by atoms with Gasteiger partial charge in [0.05, 0.1) is 0 Å². The highest BCUT2D eigenvalue weighted by molar-refractivity contribution is 8.13. The topological polar surface area (TPSA) is 53.1 Å². The highest BCUT2D eigenvalue weighted by Crippen LogP contribution is 2.22. The zero-order valence-corrected chi connectivity index (χ0v) is 11.7. The lowest BCUT2D eigenvalue weighted by molar-refractivity contribution is 1.11. The highest BCUT2D eigenvalue weighted by Gasteiger charge is 2.03. The van der Waals surface area contributed by atoms with Crippen molar-refractivity contribution >= 4 is 47.4 Å². The summed E-state index contributed by atoms with van der Waals surface area (Å²) in [6.07, 6.45) is 0. The number of hydrogen-bond acceptors (Lipinski definition) is 3. The molecule has 1 aromatic carbocycles. The quantitative estimate of drug-likeness (QED) is 0.662. The van der Waals surface area contributed by atoms with Crippen LogP contribution in [0.5, 0.6) is 0 Å². The molecule has 3 N–H and O–H groups in total. The van der Waals surface area contributed by atoms with Gasteiger partial charge in [0, 0.05) is 25.5 Å². The Kier molecular flexibility index (Phi) is 9.52. The maximum atomic E-state index is 7.15. The van der Waals surface area contributed by atoms with Crippen LogP contribution in [0.4, 0.5) is 5.69 Å². The molecule has 0 aliphatic carbocycles. The number of hydrogen-bond donors (Lipinski definition) is 2. The third-order valence-electron chi connectivity index (χ3n) is 1.86. The lowest BCUT2D eigenvalue weighted by atomic mass is 10.2. The van der Waals surface area contributed by atoms with E-state index >= 15 is 0 Å². The Hall–Kier alpha value is -0.580. The van der Waals surface area contributed by atoms with Crippen molar-refractivity contribution < 1.29 is 0 Å². The average molecular weight is 282 g/mol. The molecule has 0 radical (unpaired) electrons. The second kappa shape index (κ2) is 8.56. The minimum absolute atomic E-state index is 0. The van der Waals surface area contributed by atoms with Crippen LogP contribution in [0.15, 0.2) is 24.3 Å². The maximum absolute atomic E-state index is 7.15. The van der Waals surface area contributed by atoms with Gasteiger partial charge in [0.2, 0.25) is 0 Å². The van der Waals surface area contributed by atoms with Crippen LogP contribution in [0, 0.1) is 5.41 Å². The van der Waals surface area contributed by atoms with Crippen LogP contribution in [0.1, 0.15) is 5.56 Å². The monoisotopic (exact) mass is 281 g/mol. The lowest BCUT2D eigenvalue weighted by Crippen LogP contribution is -2.11. The van der Waals surface area contributed by atoms with Crippen molar-refractivity contribution in [1.82, 2.24) is 0 Å². The predicted octanol–water partition coefficient (Wildman–Crippen LogP) is 2.72. The van der Waals surface area contributed by atoms with E-state index in [-0.39, 0.29) is 30.0 Å². The molecule has 3 nitrogen and oxygen atoms in total. The van der Waals surface area contributed by atoms with Crippen LogP contribution in [0.25, 0.3) is 0 Å². The lowest BCUT2D eigenvalue weighted by Gasteiger charge is -2.16. The zero-order valence-electron chi connectivity index (χ0n) is 9.27. The number of halogens is 2. The van der Waals surface area contributed by atoms with Gasteiger partial charge >= 0.3 is 0 Å². The number of para-hydroxylation sites is 1. The minimum atomic E-state index is 0. The summed E-state index contributed by atoms with van der Waals surface area (Å²) in [5.74, 6) is 0.754. The largest absolute Gasteiger partial charge is 0.379 e. The Labute approximate surface area is 113 Å². The van der Waals surface area contributed by atoms with Crippen molar-refractivity contribution in [3.63, 3.8) is 0 Å². The number of nitrogens with two attached hydrogens (primary N) is 1. The van der Waals surface area contributed by atoms with E-state index in [4.69, 9.17) is 11.1 Å². The second-order valence-electron chi connectivity index (χ2n) is 3.18. The van der Waals surface area contributed by atoms with Crippen LogP contribution in [0.3, 0.4) is 0 Å². The van der Waals surface area contributed by atoms with E-state index in [2.05, 4.69) is 17.0 Å². The number of benzene rings is 1. The fourth-order valence-electron chi connectivity index (χ4n) is 1.22. The minimum Gasteiger partial charge on any atom is -0.379 e. The number of nitrogens with one attached hydrogen (secondary N) is 1. The molecule has 1 rings (SSSR count). The van der Waals surface area contributed by atoms with Crippen molar-refractivity contribution in [2.75, 3.05) is 19.0 Å². The molecule has 0 bridgehead atoms.